The molecule has 0 aliphatic carbocycles. The molecule has 7 heteroatoms. The molecule has 0 unspecified atom stereocenters. The lowest BCUT2D eigenvalue weighted by Crippen LogP contribution is -2.07. The van der Waals surface area contributed by atoms with Crippen LogP contribution in [0.15, 0.2) is 42.6 Å². The van der Waals surface area contributed by atoms with Gasteiger partial charge in [0, 0.05) is 33.3 Å². The summed E-state index contributed by atoms with van der Waals surface area (Å²) in [4.78, 5) is 19.9. The Bertz CT molecular complexity index is 971. The second kappa shape index (κ2) is 8.37. The molecule has 0 radical (unpaired) electrons. The lowest BCUT2D eigenvalue weighted by atomic mass is 10.0. The summed E-state index contributed by atoms with van der Waals surface area (Å²) in [5.41, 5.74) is 9.88. The smallest absolute Gasteiger partial charge is 0.169 e. The average molecular weight is 401 g/mol. The van der Waals surface area contributed by atoms with Crippen LogP contribution in [-0.2, 0) is 13.0 Å². The minimum Gasteiger partial charge on any atom is -0.381 e. The number of nitrogens with two attached hydrogens (primary N) is 1. The maximum Gasteiger partial charge on any atom is 0.169 e. The molecule has 3 N–H and O–H groups in total. The lowest BCUT2D eigenvalue weighted by Gasteiger charge is -2.12. The highest BCUT2D eigenvalue weighted by Gasteiger charge is 2.11. The number of nitrogens with zero attached hydrogens (tertiary/aromatic N) is 2. The first kappa shape index (κ1) is 19.1. The number of nitrogens with one attached hydrogen (secondary N) is 1. The van der Waals surface area contributed by atoms with Gasteiger partial charge in [0.25, 0.3) is 0 Å². The van der Waals surface area contributed by atoms with E-state index in [2.05, 4.69) is 15.3 Å². The van der Waals surface area contributed by atoms with Crippen LogP contribution in [0.3, 0.4) is 0 Å². The van der Waals surface area contributed by atoms with Crippen molar-refractivity contribution in [1.82, 2.24) is 9.97 Å². The number of benzene rings is 2. The van der Waals surface area contributed by atoms with Crippen LogP contribution in [0, 0.1) is 0 Å². The Morgan fingerprint density at radius 2 is 1.93 bits per heavy atom. The number of aromatic nitrogens is 2. The second-order valence-corrected chi connectivity index (χ2v) is 6.74. The summed E-state index contributed by atoms with van der Waals surface area (Å²) in [6.45, 7) is 2.37. The third-order valence-corrected chi connectivity index (χ3v) is 4.95. The minimum atomic E-state index is 0.280. The summed E-state index contributed by atoms with van der Waals surface area (Å²) >= 11 is 12.4. The second-order valence-electron chi connectivity index (χ2n) is 5.93. The summed E-state index contributed by atoms with van der Waals surface area (Å²) in [5, 5.41) is 4.28. The minimum absolute atomic E-state index is 0.280. The Labute approximate surface area is 167 Å². The predicted molar refractivity (Wildman–Crippen MR) is 110 cm³/mol. The molecule has 2 aromatic carbocycles. The van der Waals surface area contributed by atoms with E-state index >= 15 is 0 Å². The van der Waals surface area contributed by atoms with Gasteiger partial charge in [0.15, 0.2) is 11.6 Å². The Balaban J connectivity index is 1.90. The molecular weight excluding hydrogens is 383 g/mol. The van der Waals surface area contributed by atoms with Crippen LogP contribution in [-0.4, -0.2) is 16.3 Å². The van der Waals surface area contributed by atoms with Gasteiger partial charge < -0.3 is 11.1 Å². The topological polar surface area (TPSA) is 80.9 Å². The summed E-state index contributed by atoms with van der Waals surface area (Å²) in [6, 6.07) is 10.9. The first-order valence-electron chi connectivity index (χ1n) is 8.41. The Morgan fingerprint density at radius 1 is 1.19 bits per heavy atom. The number of rotatable bonds is 6. The average Bonchev–Trinajstić information content (AvgIpc) is 2.68. The summed E-state index contributed by atoms with van der Waals surface area (Å²) in [5.74, 6) is 0.725. The molecule has 0 aliphatic heterocycles. The maximum atomic E-state index is 11.1. The summed E-state index contributed by atoms with van der Waals surface area (Å²) in [7, 11) is 0. The van der Waals surface area contributed by atoms with E-state index in [1.54, 1.807) is 30.5 Å². The van der Waals surface area contributed by atoms with Crippen molar-refractivity contribution in [3.05, 3.63) is 69.3 Å². The van der Waals surface area contributed by atoms with Crippen molar-refractivity contribution in [3.63, 3.8) is 0 Å². The van der Waals surface area contributed by atoms with E-state index in [0.29, 0.717) is 33.7 Å². The number of hydrogen-bond donors (Lipinski definition) is 2. The first-order chi connectivity index (χ1) is 13.0. The number of nitrogen functional groups attached to an aromatic ring is 1. The van der Waals surface area contributed by atoms with Gasteiger partial charge in [0.05, 0.1) is 11.9 Å². The van der Waals surface area contributed by atoms with E-state index in [9.17, 15) is 4.79 Å². The number of hydrogen-bond acceptors (Lipinski definition) is 5. The Kier molecular flexibility index (Phi) is 5.94. The first-order valence-corrected chi connectivity index (χ1v) is 9.16. The largest absolute Gasteiger partial charge is 0.381 e. The molecule has 3 rings (SSSR count). The Hall–Kier alpha value is -2.63. The molecular formula is C20H18Cl2N4O. The van der Waals surface area contributed by atoms with Gasteiger partial charge >= 0.3 is 0 Å². The summed E-state index contributed by atoms with van der Waals surface area (Å²) < 4.78 is 0. The number of aldehydes is 1. The number of carbonyl (C=O) groups excluding carboxylic acids is 1. The van der Waals surface area contributed by atoms with Crippen molar-refractivity contribution in [3.8, 4) is 11.3 Å². The maximum absolute atomic E-state index is 11.1. The monoisotopic (exact) mass is 400 g/mol. The quantitative estimate of drug-likeness (QED) is 0.567. The van der Waals surface area contributed by atoms with Gasteiger partial charge in [-0.15, -0.1) is 0 Å². The molecule has 3 aromatic rings. The molecule has 0 atom stereocenters. The fourth-order valence-corrected chi connectivity index (χ4v) is 3.26. The number of carbonyl (C=O) groups is 1. The van der Waals surface area contributed by atoms with Crippen LogP contribution < -0.4 is 11.1 Å². The highest BCUT2D eigenvalue weighted by atomic mass is 35.5. The molecule has 138 valence electrons. The van der Waals surface area contributed by atoms with E-state index in [4.69, 9.17) is 28.9 Å². The van der Waals surface area contributed by atoms with Crippen molar-refractivity contribution < 1.29 is 4.79 Å². The van der Waals surface area contributed by atoms with Crippen LogP contribution in [0.1, 0.15) is 28.4 Å². The van der Waals surface area contributed by atoms with E-state index < -0.39 is 0 Å². The van der Waals surface area contributed by atoms with E-state index in [-0.39, 0.29) is 5.82 Å². The predicted octanol–water partition coefficient (Wildman–Crippen LogP) is 5.02. The number of anilines is 2. The van der Waals surface area contributed by atoms with Crippen LogP contribution in [0.2, 0.25) is 10.0 Å². The standard InChI is InChI=1S/C20H18Cl2N4O/c1-2-12-8-13(6-7-14(12)11-27)18-10-24-19(23)20(26-18)25-9-15-16(21)4-3-5-17(15)22/h3-8,10-11H,2,9H2,1H3,(H2,23,24)(H,25,26). The molecule has 1 aromatic heterocycles. The fourth-order valence-electron chi connectivity index (χ4n) is 2.73. The molecule has 0 fully saturated rings. The van der Waals surface area contributed by atoms with Crippen LogP contribution in [0.25, 0.3) is 11.3 Å². The summed E-state index contributed by atoms with van der Waals surface area (Å²) in [6.07, 6.45) is 3.22. The fraction of sp³-hybridized carbons (Fsp3) is 0.150. The molecule has 0 aliphatic rings. The van der Waals surface area contributed by atoms with E-state index in [0.717, 1.165) is 29.4 Å². The van der Waals surface area contributed by atoms with Crippen molar-refractivity contribution in [1.29, 1.82) is 0 Å². The van der Waals surface area contributed by atoms with Crippen LogP contribution in [0.5, 0.6) is 0 Å². The molecule has 0 saturated carbocycles. The van der Waals surface area contributed by atoms with E-state index in [1.165, 1.54) is 0 Å². The third-order valence-electron chi connectivity index (χ3n) is 4.24. The van der Waals surface area contributed by atoms with Gasteiger partial charge in [-0.3, -0.25) is 4.79 Å². The molecule has 0 bridgehead atoms. The van der Waals surface area contributed by atoms with Crippen molar-refractivity contribution in [2.75, 3.05) is 11.1 Å². The van der Waals surface area contributed by atoms with Gasteiger partial charge in [0.1, 0.15) is 6.29 Å². The zero-order valence-electron chi connectivity index (χ0n) is 14.7. The van der Waals surface area contributed by atoms with Gasteiger partial charge in [0.2, 0.25) is 0 Å². The highest BCUT2D eigenvalue weighted by molar-refractivity contribution is 6.36. The number of aryl methyl sites for hydroxylation is 1. The molecule has 0 amide bonds. The van der Waals surface area contributed by atoms with Gasteiger partial charge in [-0.1, -0.05) is 48.3 Å². The molecule has 27 heavy (non-hydrogen) atoms. The highest BCUT2D eigenvalue weighted by Crippen LogP contribution is 2.27. The number of halogens is 2. The SMILES string of the molecule is CCc1cc(-c2cnc(N)c(NCc3c(Cl)cccc3Cl)n2)ccc1C=O. The van der Waals surface area contributed by atoms with Gasteiger partial charge in [-0.05, 0) is 30.2 Å². The molecule has 1 heterocycles. The zero-order chi connectivity index (χ0) is 19.4. The molecule has 0 saturated heterocycles. The Morgan fingerprint density at radius 3 is 2.59 bits per heavy atom. The lowest BCUT2D eigenvalue weighted by molar-refractivity contribution is 0.112. The normalized spacial score (nSPS) is 10.6. The van der Waals surface area contributed by atoms with Gasteiger partial charge in [-0.2, -0.15) is 0 Å². The van der Waals surface area contributed by atoms with E-state index in [1.807, 2.05) is 19.1 Å². The van der Waals surface area contributed by atoms with Crippen LogP contribution in [0.4, 0.5) is 11.6 Å². The van der Waals surface area contributed by atoms with Crippen molar-refractivity contribution in [2.24, 2.45) is 0 Å². The van der Waals surface area contributed by atoms with Crippen molar-refractivity contribution >= 4 is 41.1 Å². The van der Waals surface area contributed by atoms with Crippen LogP contribution >= 0.6 is 23.2 Å². The van der Waals surface area contributed by atoms with Gasteiger partial charge in [-0.25, -0.2) is 9.97 Å². The third kappa shape index (κ3) is 4.21. The molecule has 0 spiro atoms. The zero-order valence-corrected chi connectivity index (χ0v) is 16.2. The van der Waals surface area contributed by atoms with Crippen molar-refractivity contribution in [2.45, 2.75) is 19.9 Å². The molecule has 5 nitrogen and oxygen atoms in total.